The quantitative estimate of drug-likeness (QED) is 0.747. The third-order valence-corrected chi connectivity index (χ3v) is 3.25. The van der Waals surface area contributed by atoms with Gasteiger partial charge in [-0.25, -0.2) is 0 Å². The van der Waals surface area contributed by atoms with Crippen LogP contribution in [0, 0.1) is 6.92 Å². The van der Waals surface area contributed by atoms with E-state index in [4.69, 9.17) is 4.74 Å². The molecule has 0 fully saturated rings. The molecule has 0 radical (unpaired) electrons. The first-order valence-electron chi connectivity index (χ1n) is 6.23. The molecule has 0 bridgehead atoms. The van der Waals surface area contributed by atoms with Gasteiger partial charge in [-0.3, -0.25) is 0 Å². The van der Waals surface area contributed by atoms with E-state index in [-0.39, 0.29) is 5.78 Å². The number of carbonyl (C=O) groups is 1. The Bertz CT molecular complexity index is 383. The highest BCUT2D eigenvalue weighted by Gasteiger charge is 2.17. The number of carbonyl (C=O) groups excluding carboxylic acids is 1. The van der Waals surface area contributed by atoms with Crippen LogP contribution in [0.1, 0.15) is 50.2 Å². The van der Waals surface area contributed by atoms with Crippen molar-refractivity contribution >= 4 is 5.78 Å². The average molecular weight is 234 g/mol. The van der Waals surface area contributed by atoms with Crippen molar-refractivity contribution in [3.8, 4) is 5.75 Å². The van der Waals surface area contributed by atoms with Gasteiger partial charge in [0.15, 0.2) is 0 Å². The lowest BCUT2D eigenvalue weighted by atomic mass is 9.87. The molecule has 0 heterocycles. The van der Waals surface area contributed by atoms with E-state index in [9.17, 15) is 4.79 Å². The maximum atomic E-state index is 11.1. The molecule has 0 saturated heterocycles. The van der Waals surface area contributed by atoms with Gasteiger partial charge in [-0.15, -0.1) is 0 Å². The van der Waals surface area contributed by atoms with Crippen LogP contribution in [-0.4, -0.2) is 12.9 Å². The second kappa shape index (κ2) is 6.43. The van der Waals surface area contributed by atoms with E-state index >= 15 is 0 Å². The number of rotatable bonds is 6. The van der Waals surface area contributed by atoms with Crippen LogP contribution in [0.15, 0.2) is 18.2 Å². The highest BCUT2D eigenvalue weighted by molar-refractivity contribution is 5.75. The van der Waals surface area contributed by atoms with E-state index in [1.54, 1.807) is 14.0 Å². The number of Topliss-reactive ketones (excluding diaryl/α,β-unsaturated/α-hetero) is 1. The van der Waals surface area contributed by atoms with Crippen molar-refractivity contribution in [3.63, 3.8) is 0 Å². The Labute approximate surface area is 104 Å². The Balaban J connectivity index is 2.97. The zero-order valence-electron chi connectivity index (χ0n) is 11.2. The second-order valence-corrected chi connectivity index (χ2v) is 4.54. The summed E-state index contributed by atoms with van der Waals surface area (Å²) in [6.07, 6.45) is 2.59. The zero-order valence-corrected chi connectivity index (χ0v) is 11.2. The minimum absolute atomic E-state index is 0.260. The minimum atomic E-state index is 0.260. The highest BCUT2D eigenvalue weighted by Crippen LogP contribution is 2.34. The number of benzene rings is 1. The standard InChI is InChI=1S/C15H22O2/c1-5-13(10-9-12(3)16)15-11(2)7-6-8-14(15)17-4/h6-8,13H,5,9-10H2,1-4H3. The third-order valence-electron chi connectivity index (χ3n) is 3.25. The lowest BCUT2D eigenvalue weighted by Crippen LogP contribution is -2.05. The molecule has 17 heavy (non-hydrogen) atoms. The molecule has 0 amide bonds. The Morgan fingerprint density at radius 2 is 2.12 bits per heavy atom. The summed E-state index contributed by atoms with van der Waals surface area (Å²) in [7, 11) is 1.70. The van der Waals surface area contributed by atoms with Crippen molar-refractivity contribution in [2.75, 3.05) is 7.11 Å². The van der Waals surface area contributed by atoms with Gasteiger partial charge in [0, 0.05) is 12.0 Å². The van der Waals surface area contributed by atoms with Gasteiger partial charge in [0.05, 0.1) is 7.11 Å². The van der Waals surface area contributed by atoms with E-state index in [0.717, 1.165) is 18.6 Å². The summed E-state index contributed by atoms with van der Waals surface area (Å²) < 4.78 is 5.43. The lowest BCUT2D eigenvalue weighted by molar-refractivity contribution is -0.117. The van der Waals surface area contributed by atoms with Gasteiger partial charge < -0.3 is 9.53 Å². The maximum Gasteiger partial charge on any atom is 0.129 e. The molecule has 0 N–H and O–H groups in total. The summed E-state index contributed by atoms with van der Waals surface area (Å²) in [5.74, 6) is 1.62. The van der Waals surface area contributed by atoms with Crippen LogP contribution in [0.2, 0.25) is 0 Å². The van der Waals surface area contributed by atoms with E-state index in [2.05, 4.69) is 19.9 Å². The first-order chi connectivity index (χ1) is 8.10. The molecule has 1 aromatic rings. The second-order valence-electron chi connectivity index (χ2n) is 4.54. The van der Waals surface area contributed by atoms with Crippen molar-refractivity contribution in [1.82, 2.24) is 0 Å². The van der Waals surface area contributed by atoms with Crippen molar-refractivity contribution < 1.29 is 9.53 Å². The van der Waals surface area contributed by atoms with Crippen molar-refractivity contribution in [3.05, 3.63) is 29.3 Å². The van der Waals surface area contributed by atoms with Gasteiger partial charge in [0.2, 0.25) is 0 Å². The summed E-state index contributed by atoms with van der Waals surface area (Å²) in [4.78, 5) is 11.1. The molecular weight excluding hydrogens is 212 g/mol. The van der Waals surface area contributed by atoms with E-state index in [1.807, 2.05) is 12.1 Å². The molecule has 0 aliphatic heterocycles. The summed E-state index contributed by atoms with van der Waals surface area (Å²) >= 11 is 0. The first-order valence-corrected chi connectivity index (χ1v) is 6.23. The van der Waals surface area contributed by atoms with Crippen LogP contribution in [0.25, 0.3) is 0 Å². The highest BCUT2D eigenvalue weighted by atomic mass is 16.5. The number of hydrogen-bond donors (Lipinski definition) is 0. The predicted molar refractivity (Wildman–Crippen MR) is 70.7 cm³/mol. The van der Waals surface area contributed by atoms with Crippen molar-refractivity contribution in [2.24, 2.45) is 0 Å². The summed E-state index contributed by atoms with van der Waals surface area (Å²) in [6, 6.07) is 6.11. The number of aryl methyl sites for hydroxylation is 1. The molecule has 94 valence electrons. The van der Waals surface area contributed by atoms with Crippen LogP contribution in [0.5, 0.6) is 5.75 Å². The first kappa shape index (κ1) is 13.8. The molecule has 0 aliphatic rings. The van der Waals surface area contributed by atoms with Gasteiger partial charge in [-0.05, 0) is 44.2 Å². The summed E-state index contributed by atoms with van der Waals surface area (Å²) in [5.41, 5.74) is 2.51. The topological polar surface area (TPSA) is 26.3 Å². The molecule has 1 atom stereocenters. The Kier molecular flexibility index (Phi) is 5.20. The average Bonchev–Trinajstić information content (AvgIpc) is 2.31. The van der Waals surface area contributed by atoms with Gasteiger partial charge in [-0.2, -0.15) is 0 Å². The fourth-order valence-electron chi connectivity index (χ4n) is 2.28. The molecule has 0 aromatic heterocycles. The van der Waals surface area contributed by atoms with Crippen molar-refractivity contribution in [2.45, 2.75) is 46.0 Å². The SMILES string of the molecule is CCC(CCC(C)=O)c1c(C)cccc1OC. The fraction of sp³-hybridized carbons (Fsp3) is 0.533. The van der Waals surface area contributed by atoms with Crippen LogP contribution in [-0.2, 0) is 4.79 Å². The monoisotopic (exact) mass is 234 g/mol. The number of ether oxygens (including phenoxy) is 1. The molecule has 0 spiro atoms. The van der Waals surface area contributed by atoms with E-state index < -0.39 is 0 Å². The van der Waals surface area contributed by atoms with Crippen LogP contribution in [0.3, 0.4) is 0 Å². The van der Waals surface area contributed by atoms with Crippen molar-refractivity contribution in [1.29, 1.82) is 0 Å². The summed E-state index contributed by atoms with van der Waals surface area (Å²) in [5, 5.41) is 0. The van der Waals surface area contributed by atoms with E-state index in [0.29, 0.717) is 12.3 Å². The molecule has 1 unspecified atom stereocenters. The number of hydrogen-bond acceptors (Lipinski definition) is 2. The summed E-state index contributed by atoms with van der Waals surface area (Å²) in [6.45, 7) is 5.92. The maximum absolute atomic E-state index is 11.1. The number of ketones is 1. The normalized spacial score (nSPS) is 12.2. The van der Waals surface area contributed by atoms with Crippen LogP contribution >= 0.6 is 0 Å². The zero-order chi connectivity index (χ0) is 12.8. The Morgan fingerprint density at radius 1 is 1.41 bits per heavy atom. The van der Waals surface area contributed by atoms with Crippen LogP contribution in [0.4, 0.5) is 0 Å². The van der Waals surface area contributed by atoms with Gasteiger partial charge in [0.1, 0.15) is 11.5 Å². The minimum Gasteiger partial charge on any atom is -0.496 e. The molecular formula is C15H22O2. The molecule has 0 aliphatic carbocycles. The largest absolute Gasteiger partial charge is 0.496 e. The molecule has 0 saturated carbocycles. The van der Waals surface area contributed by atoms with Gasteiger partial charge >= 0.3 is 0 Å². The Morgan fingerprint density at radius 3 is 2.65 bits per heavy atom. The smallest absolute Gasteiger partial charge is 0.129 e. The number of methoxy groups -OCH3 is 1. The predicted octanol–water partition coefficient (Wildman–Crippen LogP) is 3.87. The van der Waals surface area contributed by atoms with Crippen LogP contribution < -0.4 is 4.74 Å². The van der Waals surface area contributed by atoms with E-state index in [1.165, 1.54) is 11.1 Å². The Hall–Kier alpha value is -1.31. The molecule has 2 heteroatoms. The molecule has 1 rings (SSSR count). The van der Waals surface area contributed by atoms with Gasteiger partial charge in [-0.1, -0.05) is 19.1 Å². The fourth-order valence-corrected chi connectivity index (χ4v) is 2.28. The third kappa shape index (κ3) is 3.58. The lowest BCUT2D eigenvalue weighted by Gasteiger charge is -2.20. The molecule has 1 aromatic carbocycles. The molecule has 2 nitrogen and oxygen atoms in total. The van der Waals surface area contributed by atoms with Gasteiger partial charge in [0.25, 0.3) is 0 Å².